The monoisotopic (exact) mass is 226 g/mol. The van der Waals surface area contributed by atoms with Crippen LogP contribution in [0, 0.1) is 11.3 Å². The largest absolute Gasteiger partial charge is 0.495 e. The van der Waals surface area contributed by atoms with Gasteiger partial charge >= 0.3 is 0 Å². The van der Waals surface area contributed by atoms with Crippen molar-refractivity contribution in [2.24, 2.45) is 5.14 Å². The average molecular weight is 226 g/mol. The van der Waals surface area contributed by atoms with Gasteiger partial charge in [-0.15, -0.1) is 0 Å². The van der Waals surface area contributed by atoms with Gasteiger partial charge in [0.1, 0.15) is 10.6 Å². The predicted molar refractivity (Wildman–Crippen MR) is 53.7 cm³/mol. The summed E-state index contributed by atoms with van der Waals surface area (Å²) in [6, 6.07) is 6.37. The van der Waals surface area contributed by atoms with Gasteiger partial charge in [0.2, 0.25) is 10.0 Å². The highest BCUT2D eigenvalue weighted by atomic mass is 32.2. The highest BCUT2D eigenvalue weighted by Crippen LogP contribution is 2.23. The predicted octanol–water partition coefficient (Wildman–Crippen LogP) is 0.409. The van der Waals surface area contributed by atoms with Gasteiger partial charge in [-0.25, -0.2) is 13.6 Å². The summed E-state index contributed by atoms with van der Waals surface area (Å²) in [5.74, 6) is 0.180. The lowest BCUT2D eigenvalue weighted by Gasteiger charge is -2.07. The molecule has 0 aliphatic heterocycles. The van der Waals surface area contributed by atoms with Gasteiger partial charge in [-0.05, 0) is 17.7 Å². The van der Waals surface area contributed by atoms with Crippen LogP contribution in [0.1, 0.15) is 5.56 Å². The maximum Gasteiger partial charge on any atom is 0.241 e. The number of ether oxygens (including phenoxy) is 1. The molecular weight excluding hydrogens is 216 g/mol. The number of benzene rings is 1. The first kappa shape index (κ1) is 11.5. The van der Waals surface area contributed by atoms with Crippen molar-refractivity contribution >= 4 is 10.0 Å². The Bertz CT molecular complexity index is 503. The van der Waals surface area contributed by atoms with Crippen molar-refractivity contribution in [2.45, 2.75) is 11.3 Å². The molecule has 0 saturated heterocycles. The maximum absolute atomic E-state index is 11.2. The van der Waals surface area contributed by atoms with Crippen LogP contribution in [0.4, 0.5) is 0 Å². The Hall–Kier alpha value is -1.58. The molecule has 0 aliphatic carbocycles. The van der Waals surface area contributed by atoms with Crippen molar-refractivity contribution in [3.63, 3.8) is 0 Å². The van der Waals surface area contributed by atoms with Crippen LogP contribution in [0.15, 0.2) is 23.1 Å². The van der Waals surface area contributed by atoms with Crippen molar-refractivity contribution in [3.05, 3.63) is 23.8 Å². The molecule has 0 saturated carbocycles. The molecule has 2 N–H and O–H groups in total. The zero-order valence-electron chi connectivity index (χ0n) is 8.10. The summed E-state index contributed by atoms with van der Waals surface area (Å²) < 4.78 is 27.2. The second-order valence-electron chi connectivity index (χ2n) is 2.87. The topological polar surface area (TPSA) is 93.2 Å². The van der Waals surface area contributed by atoms with E-state index in [4.69, 9.17) is 15.1 Å². The van der Waals surface area contributed by atoms with Crippen LogP contribution in [0.2, 0.25) is 0 Å². The number of hydrogen-bond donors (Lipinski definition) is 1. The lowest BCUT2D eigenvalue weighted by Crippen LogP contribution is -2.13. The molecule has 0 aliphatic rings. The molecule has 0 fully saturated rings. The van der Waals surface area contributed by atoms with Crippen LogP contribution < -0.4 is 9.88 Å². The number of nitriles is 1. The minimum absolute atomic E-state index is 0.0993. The molecule has 1 rings (SSSR count). The first-order valence-corrected chi connectivity index (χ1v) is 5.60. The number of rotatable bonds is 3. The van der Waals surface area contributed by atoms with Crippen LogP contribution in [0.3, 0.4) is 0 Å². The fraction of sp³-hybridized carbons (Fsp3) is 0.222. The van der Waals surface area contributed by atoms with Crippen molar-refractivity contribution in [3.8, 4) is 11.8 Å². The van der Waals surface area contributed by atoms with E-state index in [2.05, 4.69) is 0 Å². The van der Waals surface area contributed by atoms with E-state index >= 15 is 0 Å². The second-order valence-corrected chi connectivity index (χ2v) is 4.39. The molecule has 0 amide bonds. The molecule has 0 aromatic heterocycles. The molecule has 0 atom stereocenters. The van der Waals surface area contributed by atoms with E-state index in [0.29, 0.717) is 5.56 Å². The standard InChI is InChI=1S/C9H10N2O3S/c1-14-8-3-2-7(4-5-10)6-9(8)15(11,12)13/h2-3,6H,4H2,1H3,(H2,11,12,13). The molecular formula is C9H10N2O3S. The van der Waals surface area contributed by atoms with Crippen LogP contribution in [-0.2, 0) is 16.4 Å². The normalized spacial score (nSPS) is 10.7. The zero-order valence-corrected chi connectivity index (χ0v) is 8.91. The van der Waals surface area contributed by atoms with Crippen LogP contribution >= 0.6 is 0 Å². The first-order chi connectivity index (χ1) is 6.99. The molecule has 0 heterocycles. The molecule has 1 aromatic carbocycles. The smallest absolute Gasteiger partial charge is 0.241 e. The summed E-state index contributed by atoms with van der Waals surface area (Å²) >= 11 is 0. The van der Waals surface area contributed by atoms with Crippen molar-refractivity contribution in [1.82, 2.24) is 0 Å². The number of hydrogen-bond acceptors (Lipinski definition) is 4. The average Bonchev–Trinajstić information content (AvgIpc) is 2.17. The van der Waals surface area contributed by atoms with Gasteiger partial charge in [0.25, 0.3) is 0 Å². The number of nitrogens with zero attached hydrogens (tertiary/aromatic N) is 1. The molecule has 0 spiro atoms. The van der Waals surface area contributed by atoms with E-state index in [9.17, 15) is 8.42 Å². The van der Waals surface area contributed by atoms with Crippen molar-refractivity contribution in [1.29, 1.82) is 5.26 Å². The molecule has 15 heavy (non-hydrogen) atoms. The van der Waals surface area contributed by atoms with E-state index in [1.54, 1.807) is 6.07 Å². The maximum atomic E-state index is 11.2. The Labute approximate surface area is 88.1 Å². The first-order valence-electron chi connectivity index (χ1n) is 4.05. The van der Waals surface area contributed by atoms with Gasteiger partial charge in [-0.2, -0.15) is 5.26 Å². The molecule has 5 nitrogen and oxygen atoms in total. The Kier molecular flexibility index (Phi) is 3.29. The van der Waals surface area contributed by atoms with E-state index in [1.165, 1.54) is 19.2 Å². The van der Waals surface area contributed by atoms with Gasteiger partial charge in [-0.1, -0.05) is 6.07 Å². The Morgan fingerprint density at radius 3 is 2.67 bits per heavy atom. The van der Waals surface area contributed by atoms with Crippen LogP contribution in [-0.4, -0.2) is 15.5 Å². The Balaban J connectivity index is 3.34. The molecule has 0 unspecified atom stereocenters. The quantitative estimate of drug-likeness (QED) is 0.807. The Morgan fingerprint density at radius 1 is 1.53 bits per heavy atom. The number of sulfonamides is 1. The number of nitrogens with two attached hydrogens (primary N) is 1. The highest BCUT2D eigenvalue weighted by Gasteiger charge is 2.15. The van der Waals surface area contributed by atoms with Gasteiger partial charge in [-0.3, -0.25) is 0 Å². The number of primary sulfonamides is 1. The summed E-state index contributed by atoms with van der Waals surface area (Å²) in [6.45, 7) is 0. The summed E-state index contributed by atoms with van der Waals surface area (Å²) in [5, 5.41) is 13.5. The van der Waals surface area contributed by atoms with Gasteiger partial charge < -0.3 is 4.74 Å². The summed E-state index contributed by atoms with van der Waals surface area (Å²) in [5.41, 5.74) is 0.585. The lowest BCUT2D eigenvalue weighted by atomic mass is 10.2. The summed E-state index contributed by atoms with van der Waals surface area (Å²) in [6.07, 6.45) is 0.131. The van der Waals surface area contributed by atoms with Crippen molar-refractivity contribution < 1.29 is 13.2 Å². The molecule has 0 radical (unpaired) electrons. The second kappa shape index (κ2) is 4.29. The molecule has 1 aromatic rings. The fourth-order valence-corrected chi connectivity index (χ4v) is 1.89. The fourth-order valence-electron chi connectivity index (χ4n) is 1.14. The molecule has 0 bridgehead atoms. The Morgan fingerprint density at radius 2 is 2.20 bits per heavy atom. The third kappa shape index (κ3) is 2.68. The van der Waals surface area contributed by atoms with Crippen molar-refractivity contribution in [2.75, 3.05) is 7.11 Å². The van der Waals surface area contributed by atoms with E-state index < -0.39 is 10.0 Å². The minimum atomic E-state index is -3.82. The van der Waals surface area contributed by atoms with Gasteiger partial charge in [0.15, 0.2) is 0 Å². The summed E-state index contributed by atoms with van der Waals surface area (Å²) in [4.78, 5) is -0.0993. The van der Waals surface area contributed by atoms with E-state index in [0.717, 1.165) is 0 Å². The summed E-state index contributed by atoms with van der Waals surface area (Å²) in [7, 11) is -2.47. The van der Waals surface area contributed by atoms with Gasteiger partial charge in [0, 0.05) is 0 Å². The van der Waals surface area contributed by atoms with Crippen LogP contribution in [0.5, 0.6) is 5.75 Å². The number of methoxy groups -OCH3 is 1. The van der Waals surface area contributed by atoms with Gasteiger partial charge in [0.05, 0.1) is 19.6 Å². The van der Waals surface area contributed by atoms with E-state index in [1.807, 2.05) is 6.07 Å². The highest BCUT2D eigenvalue weighted by molar-refractivity contribution is 7.89. The molecule has 80 valence electrons. The third-order valence-corrected chi connectivity index (χ3v) is 2.75. The van der Waals surface area contributed by atoms with Crippen LogP contribution in [0.25, 0.3) is 0 Å². The minimum Gasteiger partial charge on any atom is -0.495 e. The lowest BCUT2D eigenvalue weighted by molar-refractivity contribution is 0.402. The zero-order chi connectivity index (χ0) is 11.5. The third-order valence-electron chi connectivity index (χ3n) is 1.82. The molecule has 6 heteroatoms. The van der Waals surface area contributed by atoms with E-state index in [-0.39, 0.29) is 17.1 Å². The SMILES string of the molecule is COc1ccc(CC#N)cc1S(N)(=O)=O.